The Morgan fingerprint density at radius 3 is 1.62 bits per heavy atom. The van der Waals surface area contributed by atoms with Gasteiger partial charge >= 0.3 is 0 Å². The minimum atomic E-state index is 0.933. The van der Waals surface area contributed by atoms with Crippen molar-refractivity contribution in [3.8, 4) is 11.4 Å². The van der Waals surface area contributed by atoms with Gasteiger partial charge in [0.2, 0.25) is 0 Å². The molecule has 2 aromatic heterocycles. The summed E-state index contributed by atoms with van der Waals surface area (Å²) in [5.41, 5.74) is 1.87. The van der Waals surface area contributed by atoms with E-state index < -0.39 is 0 Å². The summed E-state index contributed by atoms with van der Waals surface area (Å²) >= 11 is 3.43. The van der Waals surface area contributed by atoms with Gasteiger partial charge in [-0.05, 0) is 36.8 Å². The Morgan fingerprint density at radius 2 is 1.25 bits per heavy atom. The summed E-state index contributed by atoms with van der Waals surface area (Å²) in [5, 5.41) is 0. The van der Waals surface area contributed by atoms with Crippen molar-refractivity contribution in [2.45, 2.75) is 9.79 Å². The second-order valence-corrected chi connectivity index (χ2v) is 4.92. The first-order valence-corrected chi connectivity index (χ1v) is 7.29. The molecular formula is C12H12N2S2. The normalized spacial score (nSPS) is 10.4. The van der Waals surface area contributed by atoms with Crippen LogP contribution >= 0.6 is 23.5 Å². The third kappa shape index (κ3) is 2.57. The van der Waals surface area contributed by atoms with E-state index in [0.717, 1.165) is 11.4 Å². The van der Waals surface area contributed by atoms with Gasteiger partial charge in [-0.3, -0.25) is 9.97 Å². The molecule has 2 heterocycles. The average Bonchev–Trinajstić information content (AvgIpc) is 2.39. The van der Waals surface area contributed by atoms with Crippen molar-refractivity contribution in [3.63, 3.8) is 0 Å². The minimum absolute atomic E-state index is 0.933. The maximum Gasteiger partial charge on any atom is 0.0897 e. The topological polar surface area (TPSA) is 25.8 Å². The largest absolute Gasteiger partial charge is 0.255 e. The molecule has 0 aliphatic rings. The molecule has 2 rings (SSSR count). The van der Waals surface area contributed by atoms with Crippen LogP contribution in [0.25, 0.3) is 11.4 Å². The number of nitrogens with zero attached hydrogens (tertiary/aromatic N) is 2. The van der Waals surface area contributed by atoms with Crippen molar-refractivity contribution >= 4 is 23.5 Å². The first-order valence-electron chi connectivity index (χ1n) is 4.84. The second kappa shape index (κ2) is 5.37. The fraction of sp³-hybridized carbons (Fsp3) is 0.167. The van der Waals surface area contributed by atoms with Gasteiger partial charge in [-0.1, -0.05) is 0 Å². The third-order valence-electron chi connectivity index (χ3n) is 2.20. The van der Waals surface area contributed by atoms with E-state index in [-0.39, 0.29) is 0 Å². The summed E-state index contributed by atoms with van der Waals surface area (Å²) in [6.07, 6.45) is 7.78. The molecule has 0 aliphatic carbocycles. The number of hydrogen-bond acceptors (Lipinski definition) is 4. The molecule has 0 N–H and O–H groups in total. The maximum atomic E-state index is 4.35. The molecule has 0 aromatic carbocycles. The molecule has 0 unspecified atom stereocenters. The Morgan fingerprint density at radius 1 is 0.812 bits per heavy atom. The Hall–Kier alpha value is -1.00. The van der Waals surface area contributed by atoms with E-state index in [1.165, 1.54) is 9.79 Å². The lowest BCUT2D eigenvalue weighted by molar-refractivity contribution is 1.19. The smallest absolute Gasteiger partial charge is 0.0897 e. The lowest BCUT2D eigenvalue weighted by atomic mass is 10.2. The highest BCUT2D eigenvalue weighted by atomic mass is 32.2. The fourth-order valence-corrected chi connectivity index (χ4v) is 2.21. The summed E-state index contributed by atoms with van der Waals surface area (Å²) in [6.45, 7) is 0. The molecule has 2 aromatic rings. The predicted molar refractivity (Wildman–Crippen MR) is 71.0 cm³/mol. The Balaban J connectivity index is 2.41. The quantitative estimate of drug-likeness (QED) is 0.775. The zero-order valence-electron chi connectivity index (χ0n) is 9.18. The molecule has 16 heavy (non-hydrogen) atoms. The van der Waals surface area contributed by atoms with E-state index in [4.69, 9.17) is 0 Å². The molecule has 0 aliphatic heterocycles. The lowest BCUT2D eigenvalue weighted by Crippen LogP contribution is -1.87. The first-order chi connectivity index (χ1) is 7.83. The van der Waals surface area contributed by atoms with E-state index in [1.54, 1.807) is 23.5 Å². The molecule has 0 radical (unpaired) electrons. The Bertz CT molecular complexity index is 440. The summed E-state index contributed by atoms with van der Waals surface area (Å²) in [5.74, 6) is 0. The highest BCUT2D eigenvalue weighted by Crippen LogP contribution is 2.23. The monoisotopic (exact) mass is 248 g/mol. The van der Waals surface area contributed by atoms with Crippen LogP contribution in [0.1, 0.15) is 0 Å². The molecule has 0 amide bonds. The molecule has 0 fully saturated rings. The van der Waals surface area contributed by atoms with Crippen LogP contribution < -0.4 is 0 Å². The van der Waals surface area contributed by atoms with Crippen LogP contribution in [0.5, 0.6) is 0 Å². The van der Waals surface area contributed by atoms with Gasteiger partial charge < -0.3 is 0 Å². The van der Waals surface area contributed by atoms with Crippen LogP contribution in [-0.4, -0.2) is 22.5 Å². The third-order valence-corrected chi connectivity index (χ3v) is 3.65. The van der Waals surface area contributed by atoms with Crippen molar-refractivity contribution in [1.82, 2.24) is 9.97 Å². The summed E-state index contributed by atoms with van der Waals surface area (Å²) in [7, 11) is 0. The van der Waals surface area contributed by atoms with Crippen LogP contribution in [0.2, 0.25) is 0 Å². The van der Waals surface area contributed by atoms with Crippen molar-refractivity contribution in [3.05, 3.63) is 36.7 Å². The van der Waals surface area contributed by atoms with Crippen LogP contribution in [-0.2, 0) is 0 Å². The maximum absolute atomic E-state index is 4.35. The van der Waals surface area contributed by atoms with Gasteiger partial charge in [0.15, 0.2) is 0 Å². The van der Waals surface area contributed by atoms with Crippen LogP contribution in [0.3, 0.4) is 0 Å². The molecule has 0 bridgehead atoms. The number of aromatic nitrogens is 2. The van der Waals surface area contributed by atoms with Crippen molar-refractivity contribution in [2.24, 2.45) is 0 Å². The van der Waals surface area contributed by atoms with Gasteiger partial charge in [-0.15, -0.1) is 23.5 Å². The lowest BCUT2D eigenvalue weighted by Gasteiger charge is -2.03. The van der Waals surface area contributed by atoms with E-state index in [1.807, 2.05) is 24.5 Å². The molecule has 0 saturated carbocycles. The number of thioether (sulfide) groups is 2. The van der Waals surface area contributed by atoms with Gasteiger partial charge in [0.05, 0.1) is 11.4 Å². The molecule has 0 atom stereocenters. The van der Waals surface area contributed by atoms with Crippen molar-refractivity contribution in [2.75, 3.05) is 12.5 Å². The molecule has 82 valence electrons. The predicted octanol–water partition coefficient (Wildman–Crippen LogP) is 3.59. The summed E-state index contributed by atoms with van der Waals surface area (Å²) in [6, 6.07) is 8.15. The standard InChI is InChI=1S/C12H12N2S2/c1-15-9-3-5-13-11(7-9)12-8-10(16-2)4-6-14-12/h3-8H,1-2H3. The Labute approximate surface area is 104 Å². The fourth-order valence-electron chi connectivity index (χ4n) is 1.36. The van der Waals surface area contributed by atoms with Gasteiger partial charge in [-0.2, -0.15) is 0 Å². The zero-order chi connectivity index (χ0) is 11.4. The van der Waals surface area contributed by atoms with Crippen LogP contribution in [0.15, 0.2) is 46.5 Å². The van der Waals surface area contributed by atoms with E-state index in [0.29, 0.717) is 0 Å². The van der Waals surface area contributed by atoms with E-state index >= 15 is 0 Å². The SMILES string of the molecule is CSc1ccnc(-c2cc(SC)ccn2)c1. The second-order valence-electron chi connectivity index (χ2n) is 3.16. The highest BCUT2D eigenvalue weighted by molar-refractivity contribution is 7.98. The van der Waals surface area contributed by atoms with Crippen molar-refractivity contribution < 1.29 is 0 Å². The summed E-state index contributed by atoms with van der Waals surface area (Å²) < 4.78 is 0. The molecule has 4 heteroatoms. The number of hydrogen-bond donors (Lipinski definition) is 0. The van der Waals surface area contributed by atoms with E-state index in [9.17, 15) is 0 Å². The zero-order valence-corrected chi connectivity index (χ0v) is 10.8. The molecule has 0 spiro atoms. The first kappa shape index (κ1) is 11.5. The summed E-state index contributed by atoms with van der Waals surface area (Å²) in [4.78, 5) is 11.1. The number of rotatable bonds is 3. The molecular weight excluding hydrogens is 236 g/mol. The van der Waals surface area contributed by atoms with E-state index in [2.05, 4.69) is 34.6 Å². The number of pyridine rings is 2. The van der Waals surface area contributed by atoms with Crippen LogP contribution in [0.4, 0.5) is 0 Å². The minimum Gasteiger partial charge on any atom is -0.255 e. The average molecular weight is 248 g/mol. The van der Waals surface area contributed by atoms with Gasteiger partial charge in [-0.25, -0.2) is 0 Å². The highest BCUT2D eigenvalue weighted by Gasteiger charge is 2.02. The molecule has 0 saturated heterocycles. The van der Waals surface area contributed by atoms with Crippen LogP contribution in [0, 0.1) is 0 Å². The van der Waals surface area contributed by atoms with Gasteiger partial charge in [0, 0.05) is 22.2 Å². The Kier molecular flexibility index (Phi) is 3.85. The molecule has 2 nitrogen and oxygen atoms in total. The van der Waals surface area contributed by atoms with Gasteiger partial charge in [0.25, 0.3) is 0 Å². The van der Waals surface area contributed by atoms with Crippen molar-refractivity contribution in [1.29, 1.82) is 0 Å². The van der Waals surface area contributed by atoms with Gasteiger partial charge in [0.1, 0.15) is 0 Å².